The zero-order valence-corrected chi connectivity index (χ0v) is 15.1. The van der Waals surface area contributed by atoms with Crippen LogP contribution in [0.25, 0.3) is 0 Å². The molecule has 0 radical (unpaired) electrons. The number of sulfone groups is 1. The summed E-state index contributed by atoms with van der Waals surface area (Å²) in [6.45, 7) is 0.962. The number of hydrogen-bond donors (Lipinski definition) is 2. The Morgan fingerprint density at radius 1 is 1.28 bits per heavy atom. The summed E-state index contributed by atoms with van der Waals surface area (Å²) >= 11 is 0. The van der Waals surface area contributed by atoms with Gasteiger partial charge in [0.1, 0.15) is 11.6 Å². The SMILES string of the molecule is CN=C(NCc1cc(F)ccc1F)NCC1(S(C)(=O)=O)CCOCC1. The maximum Gasteiger partial charge on any atom is 0.191 e. The molecule has 0 aromatic heterocycles. The Labute approximate surface area is 146 Å². The predicted octanol–water partition coefficient (Wildman–Crippen LogP) is 1.22. The van der Waals surface area contributed by atoms with E-state index < -0.39 is 26.2 Å². The fourth-order valence-corrected chi connectivity index (χ4v) is 3.99. The summed E-state index contributed by atoms with van der Waals surface area (Å²) in [5.74, 6) is -0.737. The van der Waals surface area contributed by atoms with E-state index >= 15 is 0 Å². The number of nitrogens with one attached hydrogen (secondary N) is 2. The third-order valence-corrected chi connectivity index (χ3v) is 6.57. The van der Waals surface area contributed by atoms with Crippen molar-refractivity contribution in [1.82, 2.24) is 10.6 Å². The second-order valence-corrected chi connectivity index (χ2v) is 8.49. The van der Waals surface area contributed by atoms with Gasteiger partial charge in [-0.1, -0.05) is 0 Å². The van der Waals surface area contributed by atoms with Crippen LogP contribution in [-0.2, 0) is 21.1 Å². The molecule has 1 aliphatic heterocycles. The van der Waals surface area contributed by atoms with Crippen LogP contribution in [0, 0.1) is 11.6 Å². The zero-order valence-electron chi connectivity index (χ0n) is 14.3. The molecular weight excluding hydrogens is 352 g/mol. The number of halogens is 2. The fourth-order valence-electron chi connectivity index (χ4n) is 2.75. The largest absolute Gasteiger partial charge is 0.381 e. The third-order valence-electron chi connectivity index (χ3n) is 4.45. The molecule has 1 aliphatic rings. The summed E-state index contributed by atoms with van der Waals surface area (Å²) in [5, 5.41) is 5.85. The van der Waals surface area contributed by atoms with E-state index in [0.29, 0.717) is 32.0 Å². The van der Waals surface area contributed by atoms with Crippen molar-refractivity contribution in [2.45, 2.75) is 24.1 Å². The number of aliphatic imine (C=N–C) groups is 1. The smallest absolute Gasteiger partial charge is 0.191 e. The molecule has 1 saturated heterocycles. The number of ether oxygens (including phenoxy) is 1. The molecule has 0 spiro atoms. The lowest BCUT2D eigenvalue weighted by Crippen LogP contribution is -2.53. The summed E-state index contributed by atoms with van der Waals surface area (Å²) in [6, 6.07) is 3.21. The van der Waals surface area contributed by atoms with Crippen LogP contribution in [0.4, 0.5) is 8.78 Å². The van der Waals surface area contributed by atoms with E-state index in [1.54, 1.807) is 0 Å². The van der Waals surface area contributed by atoms with Crippen LogP contribution in [0.1, 0.15) is 18.4 Å². The molecule has 0 unspecified atom stereocenters. The molecule has 0 saturated carbocycles. The minimum Gasteiger partial charge on any atom is -0.381 e. The summed E-state index contributed by atoms with van der Waals surface area (Å²) in [7, 11) is -1.78. The first-order chi connectivity index (χ1) is 11.8. The highest BCUT2D eigenvalue weighted by Gasteiger charge is 2.42. The predicted molar refractivity (Wildman–Crippen MR) is 92.2 cm³/mol. The molecule has 6 nitrogen and oxygen atoms in total. The number of guanidine groups is 1. The lowest BCUT2D eigenvalue weighted by atomic mass is 9.99. The van der Waals surface area contributed by atoms with Gasteiger partial charge in [0, 0.05) is 45.2 Å². The highest BCUT2D eigenvalue weighted by Crippen LogP contribution is 2.28. The lowest BCUT2D eigenvalue weighted by Gasteiger charge is -2.35. The van der Waals surface area contributed by atoms with E-state index in [1.807, 2.05) is 0 Å². The van der Waals surface area contributed by atoms with Crippen LogP contribution in [0.2, 0.25) is 0 Å². The quantitative estimate of drug-likeness (QED) is 0.598. The zero-order chi connectivity index (χ0) is 18.5. The first-order valence-electron chi connectivity index (χ1n) is 7.93. The van der Waals surface area contributed by atoms with Gasteiger partial charge in [-0.3, -0.25) is 4.99 Å². The molecule has 1 heterocycles. The maximum absolute atomic E-state index is 13.7. The van der Waals surface area contributed by atoms with Crippen molar-refractivity contribution in [3.8, 4) is 0 Å². The highest BCUT2D eigenvalue weighted by atomic mass is 32.2. The monoisotopic (exact) mass is 375 g/mol. The molecule has 140 valence electrons. The molecule has 1 aromatic rings. The van der Waals surface area contributed by atoms with Crippen LogP contribution in [0.5, 0.6) is 0 Å². The van der Waals surface area contributed by atoms with Gasteiger partial charge in [-0.05, 0) is 31.0 Å². The number of hydrogen-bond acceptors (Lipinski definition) is 4. The fraction of sp³-hybridized carbons (Fsp3) is 0.562. The van der Waals surface area contributed by atoms with Crippen molar-refractivity contribution in [2.75, 3.05) is 33.1 Å². The number of benzene rings is 1. The van der Waals surface area contributed by atoms with E-state index in [0.717, 1.165) is 18.2 Å². The van der Waals surface area contributed by atoms with Gasteiger partial charge < -0.3 is 15.4 Å². The van der Waals surface area contributed by atoms with Crippen molar-refractivity contribution in [3.05, 3.63) is 35.4 Å². The molecule has 0 bridgehead atoms. The van der Waals surface area contributed by atoms with Gasteiger partial charge in [0.2, 0.25) is 0 Å². The Bertz CT molecular complexity index is 732. The van der Waals surface area contributed by atoms with Crippen LogP contribution < -0.4 is 10.6 Å². The van der Waals surface area contributed by atoms with Crippen molar-refractivity contribution >= 4 is 15.8 Å². The Hall–Kier alpha value is -1.74. The Morgan fingerprint density at radius 2 is 1.96 bits per heavy atom. The van der Waals surface area contributed by atoms with Crippen molar-refractivity contribution in [3.63, 3.8) is 0 Å². The topological polar surface area (TPSA) is 79.8 Å². The van der Waals surface area contributed by atoms with Gasteiger partial charge >= 0.3 is 0 Å². The van der Waals surface area contributed by atoms with Gasteiger partial charge in [0.05, 0.1) is 4.75 Å². The molecule has 2 N–H and O–H groups in total. The highest BCUT2D eigenvalue weighted by molar-refractivity contribution is 7.92. The minimum atomic E-state index is -3.31. The summed E-state index contributed by atoms with van der Waals surface area (Å²) < 4.78 is 55.7. The van der Waals surface area contributed by atoms with Gasteiger partial charge in [-0.25, -0.2) is 17.2 Å². The summed E-state index contributed by atoms with van der Waals surface area (Å²) in [5.41, 5.74) is 0.159. The van der Waals surface area contributed by atoms with E-state index in [2.05, 4.69) is 15.6 Å². The second kappa shape index (κ2) is 8.09. The van der Waals surface area contributed by atoms with Crippen LogP contribution in [-0.4, -0.2) is 52.2 Å². The van der Waals surface area contributed by atoms with Crippen LogP contribution >= 0.6 is 0 Å². The van der Waals surface area contributed by atoms with E-state index in [1.165, 1.54) is 13.3 Å². The molecule has 2 rings (SSSR count). The average Bonchev–Trinajstić information content (AvgIpc) is 2.57. The number of nitrogens with zero attached hydrogens (tertiary/aromatic N) is 1. The van der Waals surface area contributed by atoms with E-state index in [4.69, 9.17) is 4.74 Å². The maximum atomic E-state index is 13.7. The van der Waals surface area contributed by atoms with Crippen LogP contribution in [0.15, 0.2) is 23.2 Å². The van der Waals surface area contributed by atoms with Gasteiger partial charge in [0.15, 0.2) is 15.8 Å². The van der Waals surface area contributed by atoms with Crippen LogP contribution in [0.3, 0.4) is 0 Å². The van der Waals surface area contributed by atoms with E-state index in [-0.39, 0.29) is 18.7 Å². The van der Waals surface area contributed by atoms with Crippen molar-refractivity contribution in [2.24, 2.45) is 4.99 Å². The summed E-state index contributed by atoms with van der Waals surface area (Å²) in [6.07, 6.45) is 2.01. The standard InChI is InChI=1S/C16H23F2N3O3S/c1-19-15(20-10-12-9-13(17)3-4-14(12)18)21-11-16(25(2,22)23)5-7-24-8-6-16/h3-4,9H,5-8,10-11H2,1-2H3,(H2,19,20,21). The molecule has 0 atom stereocenters. The molecule has 9 heteroatoms. The minimum absolute atomic E-state index is 0.0260. The molecule has 1 fully saturated rings. The van der Waals surface area contributed by atoms with Gasteiger partial charge in [0.25, 0.3) is 0 Å². The summed E-state index contributed by atoms with van der Waals surface area (Å²) in [4.78, 5) is 4.00. The molecule has 1 aromatic carbocycles. The van der Waals surface area contributed by atoms with E-state index in [9.17, 15) is 17.2 Å². The molecule has 25 heavy (non-hydrogen) atoms. The molecule has 0 amide bonds. The molecule has 0 aliphatic carbocycles. The lowest BCUT2D eigenvalue weighted by molar-refractivity contribution is 0.0756. The van der Waals surface area contributed by atoms with Gasteiger partial charge in [-0.2, -0.15) is 0 Å². The van der Waals surface area contributed by atoms with Gasteiger partial charge in [-0.15, -0.1) is 0 Å². The van der Waals surface area contributed by atoms with Crippen molar-refractivity contribution in [1.29, 1.82) is 0 Å². The Kier molecular flexibility index (Phi) is 6.34. The number of rotatable bonds is 5. The average molecular weight is 375 g/mol. The first-order valence-corrected chi connectivity index (χ1v) is 9.82. The Balaban J connectivity index is 2.01. The first kappa shape index (κ1) is 19.6. The molecular formula is C16H23F2N3O3S. The van der Waals surface area contributed by atoms with Crippen molar-refractivity contribution < 1.29 is 21.9 Å². The second-order valence-electron chi connectivity index (χ2n) is 6.08. The third kappa shape index (κ3) is 4.88. The Morgan fingerprint density at radius 3 is 2.56 bits per heavy atom. The normalized spacial score (nSPS) is 18.0.